The minimum Gasteiger partial charge on any atom is -0.345 e. The number of hydrogen-bond acceptors (Lipinski definition) is 6. The first-order valence-electron chi connectivity index (χ1n) is 8.94. The van der Waals surface area contributed by atoms with E-state index in [2.05, 4.69) is 4.98 Å². The Morgan fingerprint density at radius 2 is 1.82 bits per heavy atom. The number of allylic oxidation sites excluding steroid dienone is 1. The fourth-order valence-electron chi connectivity index (χ4n) is 3.49. The number of carbonyl (C=O) groups excluding carboxylic acids is 1. The van der Waals surface area contributed by atoms with Crippen molar-refractivity contribution >= 4 is 5.78 Å². The van der Waals surface area contributed by atoms with E-state index < -0.39 is 41.6 Å². The Morgan fingerprint density at radius 1 is 1.11 bits per heavy atom. The van der Waals surface area contributed by atoms with Gasteiger partial charge in [0, 0.05) is 17.8 Å². The van der Waals surface area contributed by atoms with Crippen LogP contribution in [0.2, 0.25) is 0 Å². The summed E-state index contributed by atoms with van der Waals surface area (Å²) in [5.41, 5.74) is -0.537. The molecule has 0 saturated carbocycles. The third kappa shape index (κ3) is 3.49. The van der Waals surface area contributed by atoms with Crippen molar-refractivity contribution in [2.75, 3.05) is 0 Å². The largest absolute Gasteiger partial charge is 0.345 e. The number of aromatic nitrogens is 2. The maximum absolute atomic E-state index is 12.4. The van der Waals surface area contributed by atoms with Crippen LogP contribution in [0.5, 0.6) is 0 Å². The predicted octanol–water partition coefficient (Wildman–Crippen LogP) is 1.39. The highest BCUT2D eigenvalue weighted by Gasteiger charge is 2.55. The lowest BCUT2D eigenvalue weighted by atomic mass is 10.1. The van der Waals surface area contributed by atoms with Crippen LogP contribution in [0, 0.1) is 0 Å². The van der Waals surface area contributed by atoms with Crippen LogP contribution >= 0.6 is 0 Å². The van der Waals surface area contributed by atoms with Crippen molar-refractivity contribution in [1.82, 2.24) is 9.55 Å². The molecule has 2 aliphatic rings. The van der Waals surface area contributed by atoms with E-state index in [9.17, 15) is 14.4 Å². The minimum atomic E-state index is -0.862. The summed E-state index contributed by atoms with van der Waals surface area (Å²) in [6, 6.07) is 10.1. The van der Waals surface area contributed by atoms with Crippen LogP contribution in [0.4, 0.5) is 0 Å². The Hall–Kier alpha value is -2.81. The number of hydrogen-bond donors (Lipinski definition) is 1. The molecule has 0 unspecified atom stereocenters. The molecule has 0 spiro atoms. The van der Waals surface area contributed by atoms with Crippen LogP contribution in [-0.2, 0) is 14.2 Å². The first-order valence-corrected chi connectivity index (χ1v) is 8.94. The van der Waals surface area contributed by atoms with Gasteiger partial charge in [0.05, 0.1) is 0 Å². The van der Waals surface area contributed by atoms with E-state index in [0.29, 0.717) is 5.56 Å². The molecular weight excluding hydrogens is 364 g/mol. The SMILES string of the molecule is CC1(C)O[C@@H]2[C@H](O1)[C@H](/C=C/C(=O)c1ccccc1)O[C@@H]2n1ccc(=O)[nH]c1=O. The molecule has 0 bridgehead atoms. The standard InChI is InChI=1S/C20H20N2O6/c1-20(2)27-16-14(9-8-13(23)12-6-4-3-5-7-12)26-18(17(16)28-20)22-11-10-15(24)21-19(22)25/h3-11,14,16-18H,1-2H3,(H,21,24,25)/b9-8+/t14-,16+,17+,18-/m0/s1. The number of nitrogens with zero attached hydrogens (tertiary/aromatic N) is 1. The lowest BCUT2D eigenvalue weighted by molar-refractivity contribution is -0.192. The number of ether oxygens (including phenoxy) is 3. The number of benzene rings is 1. The second kappa shape index (κ2) is 6.97. The number of nitrogens with one attached hydrogen (secondary N) is 1. The number of rotatable bonds is 4. The molecule has 4 atom stereocenters. The highest BCUT2D eigenvalue weighted by molar-refractivity contribution is 6.04. The first-order chi connectivity index (χ1) is 13.3. The summed E-state index contributed by atoms with van der Waals surface area (Å²) in [6.07, 6.45) is 1.96. The lowest BCUT2D eigenvalue weighted by Crippen LogP contribution is -2.37. The van der Waals surface area contributed by atoms with E-state index in [1.54, 1.807) is 44.2 Å². The van der Waals surface area contributed by atoms with Crippen molar-refractivity contribution < 1.29 is 19.0 Å². The van der Waals surface area contributed by atoms with Crippen LogP contribution < -0.4 is 11.2 Å². The molecule has 3 heterocycles. The summed E-state index contributed by atoms with van der Waals surface area (Å²) >= 11 is 0. The van der Waals surface area contributed by atoms with E-state index >= 15 is 0 Å². The van der Waals surface area contributed by atoms with E-state index in [1.165, 1.54) is 22.9 Å². The van der Waals surface area contributed by atoms with Crippen molar-refractivity contribution in [3.63, 3.8) is 0 Å². The molecule has 2 saturated heterocycles. The van der Waals surface area contributed by atoms with Crippen molar-refractivity contribution in [3.05, 3.63) is 81.1 Å². The van der Waals surface area contributed by atoms with Crippen LogP contribution in [0.25, 0.3) is 0 Å². The molecule has 8 heteroatoms. The Balaban J connectivity index is 1.62. The molecule has 1 aromatic carbocycles. The Morgan fingerprint density at radius 3 is 2.54 bits per heavy atom. The monoisotopic (exact) mass is 384 g/mol. The van der Waals surface area contributed by atoms with Gasteiger partial charge < -0.3 is 14.2 Å². The molecule has 0 amide bonds. The Bertz CT molecular complexity index is 1020. The molecule has 1 N–H and O–H groups in total. The fourth-order valence-corrected chi connectivity index (χ4v) is 3.49. The molecule has 4 rings (SSSR count). The molecule has 2 fully saturated rings. The van der Waals surface area contributed by atoms with Gasteiger partial charge in [0.15, 0.2) is 17.8 Å². The third-order valence-electron chi connectivity index (χ3n) is 4.69. The molecule has 28 heavy (non-hydrogen) atoms. The van der Waals surface area contributed by atoms with Crippen LogP contribution in [-0.4, -0.2) is 39.4 Å². The van der Waals surface area contributed by atoms with Crippen LogP contribution in [0.15, 0.2) is 64.3 Å². The maximum atomic E-state index is 12.4. The minimum absolute atomic E-state index is 0.163. The van der Waals surface area contributed by atoms with Gasteiger partial charge in [-0.05, 0) is 26.0 Å². The zero-order valence-electron chi connectivity index (χ0n) is 15.4. The van der Waals surface area contributed by atoms with Crippen LogP contribution in [0.1, 0.15) is 30.4 Å². The number of ketones is 1. The van der Waals surface area contributed by atoms with Gasteiger partial charge in [-0.3, -0.25) is 19.1 Å². The predicted molar refractivity (Wildman–Crippen MR) is 99.0 cm³/mol. The van der Waals surface area contributed by atoms with Crippen molar-refractivity contribution in [2.45, 2.75) is 44.2 Å². The van der Waals surface area contributed by atoms with Gasteiger partial charge in [0.1, 0.15) is 18.3 Å². The zero-order valence-corrected chi connectivity index (χ0v) is 15.4. The smallest absolute Gasteiger partial charge is 0.330 e. The normalized spacial score (nSPS) is 28.5. The summed E-state index contributed by atoms with van der Waals surface area (Å²) in [7, 11) is 0. The zero-order chi connectivity index (χ0) is 19.9. The summed E-state index contributed by atoms with van der Waals surface area (Å²) in [5, 5.41) is 0. The fraction of sp³-hybridized carbons (Fsp3) is 0.350. The Kier molecular flexibility index (Phi) is 4.62. The van der Waals surface area contributed by atoms with Crippen LogP contribution in [0.3, 0.4) is 0 Å². The van der Waals surface area contributed by atoms with Gasteiger partial charge in [-0.25, -0.2) is 4.79 Å². The second-order valence-electron chi connectivity index (χ2n) is 7.16. The molecule has 2 aromatic rings. The van der Waals surface area contributed by atoms with Crippen molar-refractivity contribution in [2.24, 2.45) is 0 Å². The van der Waals surface area contributed by atoms with E-state index in [0.717, 1.165) is 0 Å². The summed E-state index contributed by atoms with van der Waals surface area (Å²) in [4.78, 5) is 38.1. The van der Waals surface area contributed by atoms with E-state index in [-0.39, 0.29) is 5.78 Å². The summed E-state index contributed by atoms with van der Waals surface area (Å²) < 4.78 is 19.1. The van der Waals surface area contributed by atoms with Gasteiger partial charge in [-0.2, -0.15) is 0 Å². The molecule has 2 aliphatic heterocycles. The average molecular weight is 384 g/mol. The van der Waals surface area contributed by atoms with Gasteiger partial charge in [0.2, 0.25) is 0 Å². The molecular formula is C20H20N2O6. The topological polar surface area (TPSA) is 99.6 Å². The molecule has 0 aliphatic carbocycles. The summed E-state index contributed by atoms with van der Waals surface area (Å²) in [5.74, 6) is -1.03. The Labute approximate surface area is 160 Å². The molecule has 0 radical (unpaired) electrons. The lowest BCUT2D eigenvalue weighted by Gasteiger charge is -2.24. The summed E-state index contributed by atoms with van der Waals surface area (Å²) in [6.45, 7) is 3.54. The molecule has 1 aromatic heterocycles. The molecule has 8 nitrogen and oxygen atoms in total. The van der Waals surface area contributed by atoms with Gasteiger partial charge >= 0.3 is 5.69 Å². The van der Waals surface area contributed by atoms with Gasteiger partial charge in [-0.1, -0.05) is 30.3 Å². The average Bonchev–Trinajstić information content (AvgIpc) is 3.14. The first kappa shape index (κ1) is 18.5. The number of H-pyrrole nitrogens is 1. The number of carbonyl (C=O) groups is 1. The van der Waals surface area contributed by atoms with Gasteiger partial charge in [-0.15, -0.1) is 0 Å². The van der Waals surface area contributed by atoms with Crippen molar-refractivity contribution in [1.29, 1.82) is 0 Å². The third-order valence-corrected chi connectivity index (χ3v) is 4.69. The van der Waals surface area contributed by atoms with E-state index in [4.69, 9.17) is 14.2 Å². The number of aromatic amines is 1. The van der Waals surface area contributed by atoms with E-state index in [1.807, 2.05) is 6.07 Å². The highest BCUT2D eigenvalue weighted by atomic mass is 16.8. The molecule has 146 valence electrons. The quantitative estimate of drug-likeness (QED) is 0.632. The maximum Gasteiger partial charge on any atom is 0.330 e. The van der Waals surface area contributed by atoms with Gasteiger partial charge in [0.25, 0.3) is 5.56 Å². The second-order valence-corrected chi connectivity index (χ2v) is 7.16. The van der Waals surface area contributed by atoms with Crippen molar-refractivity contribution in [3.8, 4) is 0 Å². The number of fused-ring (bicyclic) bond motifs is 1. The highest BCUT2D eigenvalue weighted by Crippen LogP contribution is 2.42.